The van der Waals surface area contributed by atoms with Crippen molar-refractivity contribution in [3.63, 3.8) is 0 Å². The third kappa shape index (κ3) is 3.83. The molecule has 1 aliphatic rings. The van der Waals surface area contributed by atoms with E-state index in [0.29, 0.717) is 0 Å². The van der Waals surface area contributed by atoms with Crippen molar-refractivity contribution in [2.75, 3.05) is 26.2 Å². The topological polar surface area (TPSA) is 95.0 Å². The summed E-state index contributed by atoms with van der Waals surface area (Å²) in [5.41, 5.74) is -0.0243. The monoisotopic (exact) mass is 392 g/mol. The van der Waals surface area contributed by atoms with E-state index >= 15 is 0 Å². The summed E-state index contributed by atoms with van der Waals surface area (Å²) in [5.74, 6) is -2.18. The third-order valence-corrected chi connectivity index (χ3v) is 6.28. The number of carbonyl (C=O) groups is 2. The van der Waals surface area contributed by atoms with Crippen molar-refractivity contribution in [3.8, 4) is 0 Å². The van der Waals surface area contributed by atoms with Gasteiger partial charge in [0.2, 0.25) is 10.0 Å². The molecule has 2 aromatic carbocycles. The van der Waals surface area contributed by atoms with Gasteiger partial charge in [0.15, 0.2) is 0 Å². The molecule has 9 heteroatoms. The van der Waals surface area contributed by atoms with E-state index < -0.39 is 27.7 Å². The van der Waals surface area contributed by atoms with Crippen molar-refractivity contribution in [2.45, 2.75) is 4.90 Å². The minimum Gasteiger partial charge on any atom is -0.478 e. The fourth-order valence-corrected chi connectivity index (χ4v) is 4.34. The Morgan fingerprint density at radius 3 is 2.00 bits per heavy atom. The third-order valence-electron chi connectivity index (χ3n) is 4.37. The van der Waals surface area contributed by atoms with Crippen LogP contribution in [0.15, 0.2) is 53.4 Å². The van der Waals surface area contributed by atoms with Crippen LogP contribution < -0.4 is 0 Å². The van der Waals surface area contributed by atoms with E-state index in [4.69, 9.17) is 0 Å². The molecule has 0 aliphatic carbocycles. The van der Waals surface area contributed by atoms with Gasteiger partial charge in [0, 0.05) is 26.2 Å². The van der Waals surface area contributed by atoms with Crippen molar-refractivity contribution in [1.82, 2.24) is 9.21 Å². The van der Waals surface area contributed by atoms with Crippen LogP contribution in [0.3, 0.4) is 0 Å². The van der Waals surface area contributed by atoms with E-state index in [1.54, 1.807) is 6.07 Å². The lowest BCUT2D eigenvalue weighted by Crippen LogP contribution is -2.50. The number of nitrogens with zero attached hydrogens (tertiary/aromatic N) is 2. The van der Waals surface area contributed by atoms with Crippen molar-refractivity contribution in [1.29, 1.82) is 0 Å². The number of halogens is 1. The highest BCUT2D eigenvalue weighted by atomic mass is 32.2. The van der Waals surface area contributed by atoms with Crippen molar-refractivity contribution >= 4 is 21.9 Å². The van der Waals surface area contributed by atoms with Gasteiger partial charge in [0.1, 0.15) is 5.82 Å². The summed E-state index contributed by atoms with van der Waals surface area (Å²) in [4.78, 5) is 25.3. The first kappa shape index (κ1) is 19.0. The zero-order chi connectivity index (χ0) is 19.6. The normalized spacial score (nSPS) is 15.5. The SMILES string of the molecule is O=C(O)c1ccccc1C(=O)N1CCN(S(=O)(=O)c2ccc(F)cc2)CC1. The molecule has 0 atom stereocenters. The second kappa shape index (κ2) is 7.45. The number of carboxylic acid groups (broad SMARTS) is 1. The van der Waals surface area contributed by atoms with Gasteiger partial charge >= 0.3 is 5.97 Å². The first-order chi connectivity index (χ1) is 12.8. The number of aromatic carboxylic acids is 1. The van der Waals surface area contributed by atoms with E-state index in [0.717, 1.165) is 12.1 Å². The van der Waals surface area contributed by atoms with Gasteiger partial charge in [-0.3, -0.25) is 4.79 Å². The minimum absolute atomic E-state index is 0.0140. The first-order valence-electron chi connectivity index (χ1n) is 8.18. The van der Waals surface area contributed by atoms with Crippen molar-refractivity contribution < 1.29 is 27.5 Å². The van der Waals surface area contributed by atoms with Crippen LogP contribution in [0.2, 0.25) is 0 Å². The van der Waals surface area contributed by atoms with Crippen LogP contribution in [-0.2, 0) is 10.0 Å². The van der Waals surface area contributed by atoms with Crippen molar-refractivity contribution in [2.24, 2.45) is 0 Å². The fourth-order valence-electron chi connectivity index (χ4n) is 2.91. The summed E-state index contributed by atoms with van der Waals surface area (Å²) < 4.78 is 39.5. The lowest BCUT2D eigenvalue weighted by molar-refractivity contribution is 0.0656. The van der Waals surface area contributed by atoms with E-state index in [9.17, 15) is 27.5 Å². The molecule has 7 nitrogen and oxygen atoms in total. The van der Waals surface area contributed by atoms with E-state index in [-0.39, 0.29) is 42.2 Å². The molecule has 0 spiro atoms. The quantitative estimate of drug-likeness (QED) is 0.854. The molecule has 27 heavy (non-hydrogen) atoms. The average molecular weight is 392 g/mol. The molecule has 2 aromatic rings. The largest absolute Gasteiger partial charge is 0.478 e. The maximum absolute atomic E-state index is 13.0. The van der Waals surface area contributed by atoms with Crippen molar-refractivity contribution in [3.05, 3.63) is 65.5 Å². The highest BCUT2D eigenvalue weighted by Crippen LogP contribution is 2.20. The summed E-state index contributed by atoms with van der Waals surface area (Å²) in [7, 11) is -3.78. The van der Waals surface area contributed by atoms with Gasteiger partial charge in [-0.2, -0.15) is 4.31 Å². The van der Waals surface area contributed by atoms with Crippen LogP contribution in [0.4, 0.5) is 4.39 Å². The number of benzene rings is 2. The lowest BCUT2D eigenvalue weighted by atomic mass is 10.1. The van der Waals surface area contributed by atoms with Crippen LogP contribution >= 0.6 is 0 Å². The summed E-state index contributed by atoms with van der Waals surface area (Å²) in [6, 6.07) is 10.5. The van der Waals surface area contributed by atoms with Gasteiger partial charge in [-0.05, 0) is 36.4 Å². The highest BCUT2D eigenvalue weighted by molar-refractivity contribution is 7.89. The van der Waals surface area contributed by atoms with Gasteiger partial charge in [0.05, 0.1) is 16.0 Å². The number of hydrogen-bond acceptors (Lipinski definition) is 4. The molecule has 1 heterocycles. The minimum atomic E-state index is -3.78. The van der Waals surface area contributed by atoms with Crippen LogP contribution in [-0.4, -0.2) is 60.8 Å². The highest BCUT2D eigenvalue weighted by Gasteiger charge is 2.31. The average Bonchev–Trinajstić information content (AvgIpc) is 2.68. The predicted molar refractivity (Wildman–Crippen MR) is 94.5 cm³/mol. The number of hydrogen-bond donors (Lipinski definition) is 1. The van der Waals surface area contributed by atoms with Gasteiger partial charge < -0.3 is 10.0 Å². The Morgan fingerprint density at radius 2 is 1.44 bits per heavy atom. The number of rotatable bonds is 4. The number of carbonyl (C=O) groups excluding carboxylic acids is 1. The summed E-state index contributed by atoms with van der Waals surface area (Å²) >= 11 is 0. The first-order valence-corrected chi connectivity index (χ1v) is 9.62. The van der Waals surface area contributed by atoms with Gasteiger partial charge in [-0.1, -0.05) is 12.1 Å². The maximum Gasteiger partial charge on any atom is 0.336 e. The molecule has 0 aromatic heterocycles. The van der Waals surface area contributed by atoms with Gasteiger partial charge in [0.25, 0.3) is 5.91 Å². The Hall–Kier alpha value is -2.78. The maximum atomic E-state index is 13.0. The summed E-state index contributed by atoms with van der Waals surface area (Å²) in [6.45, 7) is 0.405. The van der Waals surface area contributed by atoms with Gasteiger partial charge in [-0.25, -0.2) is 17.6 Å². The Labute approximate surface area is 155 Å². The van der Waals surface area contributed by atoms with E-state index in [2.05, 4.69) is 0 Å². The Balaban J connectivity index is 1.73. The molecule has 142 valence electrons. The van der Waals surface area contributed by atoms with E-state index in [1.807, 2.05) is 0 Å². The predicted octanol–water partition coefficient (Wildman–Crippen LogP) is 1.67. The van der Waals surface area contributed by atoms with Crippen LogP contribution in [0.25, 0.3) is 0 Å². The van der Waals surface area contributed by atoms with Gasteiger partial charge in [-0.15, -0.1) is 0 Å². The second-order valence-electron chi connectivity index (χ2n) is 6.00. The number of sulfonamides is 1. The Bertz CT molecular complexity index is 968. The Kier molecular flexibility index (Phi) is 5.24. The van der Waals surface area contributed by atoms with E-state index in [1.165, 1.54) is 39.5 Å². The Morgan fingerprint density at radius 1 is 0.889 bits per heavy atom. The smallest absolute Gasteiger partial charge is 0.336 e. The molecular weight excluding hydrogens is 375 g/mol. The molecule has 0 radical (unpaired) electrons. The molecular formula is C18H17FN2O5S. The number of piperazine rings is 1. The number of carboxylic acids is 1. The fraction of sp³-hybridized carbons (Fsp3) is 0.222. The number of amides is 1. The van der Waals surface area contributed by atoms with Crippen LogP contribution in [0.1, 0.15) is 20.7 Å². The molecule has 0 unspecified atom stereocenters. The molecule has 0 saturated carbocycles. The molecule has 0 bridgehead atoms. The molecule has 1 amide bonds. The molecule has 3 rings (SSSR count). The van der Waals surface area contributed by atoms with Crippen LogP contribution in [0.5, 0.6) is 0 Å². The zero-order valence-electron chi connectivity index (χ0n) is 14.2. The second-order valence-corrected chi connectivity index (χ2v) is 7.94. The summed E-state index contributed by atoms with van der Waals surface area (Å²) in [6.07, 6.45) is 0. The zero-order valence-corrected chi connectivity index (χ0v) is 15.0. The lowest BCUT2D eigenvalue weighted by Gasteiger charge is -2.34. The molecule has 1 saturated heterocycles. The summed E-state index contributed by atoms with van der Waals surface area (Å²) in [5, 5.41) is 9.22. The standard InChI is InChI=1S/C18H17FN2O5S/c19-13-5-7-14(8-6-13)27(25,26)21-11-9-20(10-12-21)17(22)15-3-1-2-4-16(15)18(23)24/h1-8H,9-12H2,(H,23,24). The van der Waals surface area contributed by atoms with Crippen LogP contribution in [0, 0.1) is 5.82 Å². The molecule has 1 N–H and O–H groups in total. The molecule has 1 fully saturated rings. The molecule has 1 aliphatic heterocycles.